The second-order valence-corrected chi connectivity index (χ2v) is 13.0. The third-order valence-corrected chi connectivity index (χ3v) is 9.48. The lowest BCUT2D eigenvalue weighted by atomic mass is 9.89. The van der Waals surface area contributed by atoms with Crippen LogP contribution in [-0.2, 0) is 11.2 Å². The van der Waals surface area contributed by atoms with Crippen LogP contribution in [0.5, 0.6) is 0 Å². The Hall–Kier alpha value is -2.82. The van der Waals surface area contributed by atoms with Crippen LogP contribution >= 0.6 is 0 Å². The van der Waals surface area contributed by atoms with Crippen LogP contribution in [0.25, 0.3) is 0 Å². The van der Waals surface area contributed by atoms with E-state index in [1.54, 1.807) is 0 Å². The number of benzene rings is 2. The van der Waals surface area contributed by atoms with Gasteiger partial charge in [-0.25, -0.2) is 0 Å². The van der Waals surface area contributed by atoms with Crippen LogP contribution in [0, 0.1) is 5.92 Å². The van der Waals surface area contributed by atoms with Crippen LogP contribution in [-0.4, -0.2) is 42.9 Å². The molecule has 0 aliphatic carbocycles. The first-order chi connectivity index (χ1) is 21.1. The van der Waals surface area contributed by atoms with Crippen molar-refractivity contribution in [3.63, 3.8) is 0 Å². The number of anilines is 2. The van der Waals surface area contributed by atoms with Crippen molar-refractivity contribution in [2.75, 3.05) is 36.4 Å². The molecule has 0 atom stereocenters. The highest BCUT2D eigenvalue weighted by Crippen LogP contribution is 2.31. The number of piperidine rings is 2. The Morgan fingerprint density at radius 2 is 1.37 bits per heavy atom. The van der Waals surface area contributed by atoms with Gasteiger partial charge in [-0.1, -0.05) is 101 Å². The molecule has 0 saturated carbocycles. The highest BCUT2D eigenvalue weighted by atomic mass is 16.2. The molecule has 0 unspecified atom stereocenters. The molecule has 2 aromatic rings. The Morgan fingerprint density at radius 1 is 0.744 bits per heavy atom. The van der Waals surface area contributed by atoms with Crippen molar-refractivity contribution in [2.45, 2.75) is 122 Å². The number of nitrogens with one attached hydrogen (secondary N) is 1. The van der Waals surface area contributed by atoms with E-state index in [4.69, 9.17) is 0 Å². The monoisotopic (exact) mass is 587 g/mol. The first-order valence-electron chi connectivity index (χ1n) is 17.7. The lowest BCUT2D eigenvalue weighted by Crippen LogP contribution is -2.39. The van der Waals surface area contributed by atoms with E-state index >= 15 is 0 Å². The molecule has 2 aliphatic heterocycles. The van der Waals surface area contributed by atoms with Crippen LogP contribution in [0.4, 0.5) is 11.4 Å². The molecule has 0 radical (unpaired) electrons. The van der Waals surface area contributed by atoms with E-state index in [1.165, 1.54) is 69.8 Å². The van der Waals surface area contributed by atoms with Gasteiger partial charge in [0.1, 0.15) is 0 Å². The van der Waals surface area contributed by atoms with Gasteiger partial charge >= 0.3 is 0 Å². The largest absolute Gasteiger partial charge is 0.371 e. The summed E-state index contributed by atoms with van der Waals surface area (Å²) in [7, 11) is 0. The van der Waals surface area contributed by atoms with Gasteiger partial charge in [0.25, 0.3) is 5.91 Å². The van der Waals surface area contributed by atoms with E-state index < -0.39 is 0 Å². The van der Waals surface area contributed by atoms with Crippen LogP contribution in [0.3, 0.4) is 0 Å². The molecular formula is C38H57N3O2. The number of hydrogen-bond donors (Lipinski definition) is 1. The van der Waals surface area contributed by atoms with Gasteiger partial charge < -0.3 is 15.1 Å². The first kappa shape index (κ1) is 33.1. The number of carbonyl (C=O) groups is 2. The zero-order chi connectivity index (χ0) is 30.1. The minimum Gasteiger partial charge on any atom is -0.371 e. The van der Waals surface area contributed by atoms with Gasteiger partial charge in [0, 0.05) is 44.0 Å². The van der Waals surface area contributed by atoms with Gasteiger partial charge in [-0.2, -0.15) is 0 Å². The molecule has 2 aliphatic rings. The van der Waals surface area contributed by atoms with Gasteiger partial charge in [-0.15, -0.1) is 0 Å². The average Bonchev–Trinajstić information content (AvgIpc) is 3.04. The topological polar surface area (TPSA) is 52.7 Å². The summed E-state index contributed by atoms with van der Waals surface area (Å²) in [4.78, 5) is 31.0. The van der Waals surface area contributed by atoms with E-state index in [9.17, 15) is 9.59 Å². The molecule has 2 saturated heterocycles. The van der Waals surface area contributed by atoms with Gasteiger partial charge in [-0.05, 0) is 74.6 Å². The summed E-state index contributed by atoms with van der Waals surface area (Å²) in [6.07, 6.45) is 21.3. The van der Waals surface area contributed by atoms with Gasteiger partial charge in [0.2, 0.25) is 5.91 Å². The maximum atomic E-state index is 13.8. The van der Waals surface area contributed by atoms with E-state index in [0.717, 1.165) is 88.1 Å². The Bertz CT molecular complexity index is 1090. The fraction of sp³-hybridized carbons (Fsp3) is 0.632. The number of unbranched alkanes of at least 4 members (excludes halogenated alkanes) is 10. The second kappa shape index (κ2) is 18.8. The number of rotatable bonds is 17. The summed E-state index contributed by atoms with van der Waals surface area (Å²) in [5.74, 6) is 0.846. The molecular weight excluding hydrogens is 530 g/mol. The predicted molar refractivity (Wildman–Crippen MR) is 181 cm³/mol. The molecule has 236 valence electrons. The van der Waals surface area contributed by atoms with E-state index in [-0.39, 0.29) is 11.8 Å². The standard InChI is InChI=1S/C38H57N3O2/c1-2-3-4-5-6-7-8-9-10-11-16-21-37(42)39-34-22-23-36(35(31-34)38(43)41-26-17-13-18-27-41)40-28-24-33(25-29-40)30-32-19-14-12-15-20-32/h12,14-15,19-20,22-23,31,33H,2-11,13,16-18,21,24-30H2,1H3,(H,39,42). The van der Waals surface area contributed by atoms with E-state index in [1.807, 2.05) is 17.0 Å². The molecule has 2 amide bonds. The third kappa shape index (κ3) is 11.3. The van der Waals surface area contributed by atoms with Gasteiger partial charge in [-0.3, -0.25) is 9.59 Å². The van der Waals surface area contributed by atoms with Gasteiger partial charge in [0.15, 0.2) is 0 Å². The molecule has 0 spiro atoms. The van der Waals surface area contributed by atoms with Crippen molar-refractivity contribution in [3.05, 3.63) is 59.7 Å². The fourth-order valence-corrected chi connectivity index (χ4v) is 6.83. The number of carbonyl (C=O) groups excluding carboxylic acids is 2. The summed E-state index contributed by atoms with van der Waals surface area (Å²) in [6, 6.07) is 16.8. The Balaban J connectivity index is 1.27. The molecule has 4 rings (SSSR count). The van der Waals surface area contributed by atoms with Crippen molar-refractivity contribution in [1.29, 1.82) is 0 Å². The number of amides is 2. The first-order valence-corrected chi connectivity index (χ1v) is 17.7. The molecule has 1 N–H and O–H groups in total. The molecule has 5 nitrogen and oxygen atoms in total. The zero-order valence-electron chi connectivity index (χ0n) is 27.0. The molecule has 0 bridgehead atoms. The fourth-order valence-electron chi connectivity index (χ4n) is 6.83. The molecule has 5 heteroatoms. The quantitative estimate of drug-likeness (QED) is 0.188. The normalized spacial score (nSPS) is 15.9. The van der Waals surface area contributed by atoms with Crippen LogP contribution in [0.2, 0.25) is 0 Å². The SMILES string of the molecule is CCCCCCCCCCCCCC(=O)Nc1ccc(N2CCC(Cc3ccccc3)CC2)c(C(=O)N2CCCCC2)c1. The summed E-state index contributed by atoms with van der Waals surface area (Å²) in [5.41, 5.74) is 3.93. The van der Waals surface area contributed by atoms with Crippen molar-refractivity contribution >= 4 is 23.2 Å². The molecule has 2 aromatic carbocycles. The Labute approximate surface area is 261 Å². The lowest BCUT2D eigenvalue weighted by molar-refractivity contribution is -0.116. The molecule has 2 fully saturated rings. The van der Waals surface area contributed by atoms with Crippen LogP contribution in [0.1, 0.15) is 132 Å². The summed E-state index contributed by atoms with van der Waals surface area (Å²) in [6.45, 7) is 5.84. The smallest absolute Gasteiger partial charge is 0.256 e. The zero-order valence-corrected chi connectivity index (χ0v) is 27.0. The van der Waals surface area contributed by atoms with Crippen LogP contribution in [0.15, 0.2) is 48.5 Å². The summed E-state index contributed by atoms with van der Waals surface area (Å²) in [5, 5.41) is 3.11. The lowest BCUT2D eigenvalue weighted by Gasteiger charge is -2.36. The number of hydrogen-bond acceptors (Lipinski definition) is 3. The number of likely N-dealkylation sites (tertiary alicyclic amines) is 1. The third-order valence-electron chi connectivity index (χ3n) is 9.48. The van der Waals surface area contributed by atoms with Crippen molar-refractivity contribution in [3.8, 4) is 0 Å². The maximum Gasteiger partial charge on any atom is 0.256 e. The minimum absolute atomic E-state index is 0.0572. The summed E-state index contributed by atoms with van der Waals surface area (Å²) < 4.78 is 0. The van der Waals surface area contributed by atoms with Crippen LogP contribution < -0.4 is 10.2 Å². The van der Waals surface area contributed by atoms with Crippen molar-refractivity contribution in [1.82, 2.24) is 4.90 Å². The van der Waals surface area contributed by atoms with E-state index in [0.29, 0.717) is 12.3 Å². The molecule has 43 heavy (non-hydrogen) atoms. The summed E-state index contributed by atoms with van der Waals surface area (Å²) >= 11 is 0. The molecule has 0 aromatic heterocycles. The highest BCUT2D eigenvalue weighted by molar-refractivity contribution is 6.02. The minimum atomic E-state index is 0.0572. The molecule has 2 heterocycles. The van der Waals surface area contributed by atoms with Crippen molar-refractivity contribution < 1.29 is 9.59 Å². The Morgan fingerprint density at radius 3 is 2.02 bits per heavy atom. The Kier molecular flexibility index (Phi) is 14.4. The van der Waals surface area contributed by atoms with Crippen molar-refractivity contribution in [2.24, 2.45) is 5.92 Å². The van der Waals surface area contributed by atoms with E-state index in [2.05, 4.69) is 53.5 Å². The second-order valence-electron chi connectivity index (χ2n) is 13.0. The maximum absolute atomic E-state index is 13.8. The average molecular weight is 588 g/mol. The predicted octanol–water partition coefficient (Wildman–Crippen LogP) is 9.41. The highest BCUT2D eigenvalue weighted by Gasteiger charge is 2.26. The number of nitrogens with zero attached hydrogens (tertiary/aromatic N) is 2. The van der Waals surface area contributed by atoms with Gasteiger partial charge in [0.05, 0.1) is 5.56 Å².